The summed E-state index contributed by atoms with van der Waals surface area (Å²) in [7, 11) is -5.92. The molecule has 0 aromatic heterocycles. The number of rotatable bonds is 6. The SMILES string of the molecule is CNS(=O)(=O)c1ccc(S(=O)(=O)NCC2(C)CCNCC2)cc1. The topological polar surface area (TPSA) is 104 Å². The molecule has 2 rings (SSSR count). The van der Waals surface area contributed by atoms with Crippen LogP contribution in [0.2, 0.25) is 0 Å². The van der Waals surface area contributed by atoms with Crippen molar-refractivity contribution in [3.63, 3.8) is 0 Å². The van der Waals surface area contributed by atoms with Gasteiger partial charge in [0, 0.05) is 6.54 Å². The number of hydrogen-bond acceptors (Lipinski definition) is 5. The maximum Gasteiger partial charge on any atom is 0.240 e. The second kappa shape index (κ2) is 6.86. The van der Waals surface area contributed by atoms with E-state index >= 15 is 0 Å². The summed E-state index contributed by atoms with van der Waals surface area (Å²) in [6.45, 7) is 4.20. The third kappa shape index (κ3) is 4.51. The molecule has 0 amide bonds. The molecule has 1 aliphatic rings. The van der Waals surface area contributed by atoms with Crippen LogP contribution in [0.15, 0.2) is 34.1 Å². The number of benzene rings is 1. The predicted molar refractivity (Wildman–Crippen MR) is 88.1 cm³/mol. The first-order valence-corrected chi connectivity index (χ1v) is 10.4. The molecule has 130 valence electrons. The number of sulfonamides is 2. The van der Waals surface area contributed by atoms with Crippen LogP contribution >= 0.6 is 0 Å². The van der Waals surface area contributed by atoms with Crippen LogP contribution in [0.1, 0.15) is 19.8 Å². The Labute approximate surface area is 138 Å². The molecule has 1 fully saturated rings. The number of nitrogens with one attached hydrogen (secondary N) is 3. The van der Waals surface area contributed by atoms with Crippen molar-refractivity contribution in [1.29, 1.82) is 0 Å². The van der Waals surface area contributed by atoms with E-state index in [0.717, 1.165) is 25.9 Å². The van der Waals surface area contributed by atoms with Crippen LogP contribution in [-0.4, -0.2) is 43.5 Å². The molecule has 1 aromatic carbocycles. The van der Waals surface area contributed by atoms with E-state index in [-0.39, 0.29) is 15.2 Å². The Bertz CT molecular complexity index is 737. The molecule has 0 saturated carbocycles. The fourth-order valence-corrected chi connectivity index (χ4v) is 4.41. The van der Waals surface area contributed by atoms with Gasteiger partial charge in [-0.25, -0.2) is 26.3 Å². The smallest absolute Gasteiger partial charge is 0.240 e. The van der Waals surface area contributed by atoms with Crippen molar-refractivity contribution >= 4 is 20.0 Å². The molecule has 1 aromatic rings. The first kappa shape index (κ1) is 18.3. The van der Waals surface area contributed by atoms with Crippen molar-refractivity contribution in [2.75, 3.05) is 26.7 Å². The lowest BCUT2D eigenvalue weighted by Gasteiger charge is -2.34. The summed E-state index contributed by atoms with van der Waals surface area (Å²) in [5.74, 6) is 0. The van der Waals surface area contributed by atoms with E-state index < -0.39 is 20.0 Å². The summed E-state index contributed by atoms with van der Waals surface area (Å²) in [4.78, 5) is 0.0920. The lowest BCUT2D eigenvalue weighted by molar-refractivity contribution is 0.232. The molecule has 7 nitrogen and oxygen atoms in total. The van der Waals surface area contributed by atoms with E-state index in [1.54, 1.807) is 0 Å². The molecule has 0 atom stereocenters. The Morgan fingerprint density at radius 1 is 1.00 bits per heavy atom. The van der Waals surface area contributed by atoms with Crippen molar-refractivity contribution in [3.05, 3.63) is 24.3 Å². The molecular weight excluding hydrogens is 338 g/mol. The van der Waals surface area contributed by atoms with E-state index in [4.69, 9.17) is 0 Å². The molecule has 3 N–H and O–H groups in total. The molecule has 0 radical (unpaired) electrons. The molecule has 0 spiro atoms. The summed E-state index contributed by atoms with van der Waals surface area (Å²) in [5, 5.41) is 3.25. The highest BCUT2D eigenvalue weighted by Crippen LogP contribution is 2.27. The third-order valence-electron chi connectivity index (χ3n) is 4.21. The Morgan fingerprint density at radius 2 is 1.48 bits per heavy atom. The van der Waals surface area contributed by atoms with Crippen LogP contribution in [0, 0.1) is 5.41 Å². The maximum absolute atomic E-state index is 12.4. The van der Waals surface area contributed by atoms with Gasteiger partial charge in [0.05, 0.1) is 9.79 Å². The van der Waals surface area contributed by atoms with Crippen molar-refractivity contribution in [3.8, 4) is 0 Å². The summed E-state index contributed by atoms with van der Waals surface area (Å²) in [6.07, 6.45) is 1.82. The Hall–Kier alpha value is -1.00. The van der Waals surface area contributed by atoms with Gasteiger partial charge in [0.15, 0.2) is 0 Å². The molecule has 0 aliphatic carbocycles. The van der Waals surface area contributed by atoms with Crippen LogP contribution in [0.5, 0.6) is 0 Å². The van der Waals surface area contributed by atoms with E-state index in [9.17, 15) is 16.8 Å². The molecule has 23 heavy (non-hydrogen) atoms. The minimum atomic E-state index is -3.65. The maximum atomic E-state index is 12.4. The Morgan fingerprint density at radius 3 is 1.96 bits per heavy atom. The van der Waals surface area contributed by atoms with E-state index in [1.165, 1.54) is 31.3 Å². The normalized spacial score (nSPS) is 18.7. The predicted octanol–water partition coefficient (Wildman–Crippen LogP) is 0.263. The zero-order valence-corrected chi connectivity index (χ0v) is 14.9. The van der Waals surface area contributed by atoms with Gasteiger partial charge in [-0.3, -0.25) is 0 Å². The molecule has 1 saturated heterocycles. The van der Waals surface area contributed by atoms with Gasteiger partial charge in [0.1, 0.15) is 0 Å². The minimum Gasteiger partial charge on any atom is -0.317 e. The van der Waals surface area contributed by atoms with Crippen molar-refractivity contribution < 1.29 is 16.8 Å². The average molecular weight is 361 g/mol. The number of hydrogen-bond donors (Lipinski definition) is 3. The first-order chi connectivity index (χ1) is 10.7. The van der Waals surface area contributed by atoms with Crippen molar-refractivity contribution in [2.45, 2.75) is 29.6 Å². The lowest BCUT2D eigenvalue weighted by Crippen LogP contribution is -2.42. The van der Waals surface area contributed by atoms with Gasteiger partial charge in [0.25, 0.3) is 0 Å². The zero-order valence-electron chi connectivity index (χ0n) is 13.3. The highest BCUT2D eigenvalue weighted by Gasteiger charge is 2.28. The van der Waals surface area contributed by atoms with Gasteiger partial charge in [0.2, 0.25) is 20.0 Å². The highest BCUT2D eigenvalue weighted by molar-refractivity contribution is 7.90. The average Bonchev–Trinajstić information content (AvgIpc) is 2.54. The molecule has 0 unspecified atom stereocenters. The monoisotopic (exact) mass is 361 g/mol. The minimum absolute atomic E-state index is 0.0317. The van der Waals surface area contributed by atoms with E-state index in [2.05, 4.69) is 21.7 Å². The van der Waals surface area contributed by atoms with Gasteiger partial charge in [-0.2, -0.15) is 0 Å². The van der Waals surface area contributed by atoms with Gasteiger partial charge in [-0.1, -0.05) is 6.92 Å². The lowest BCUT2D eigenvalue weighted by atomic mass is 9.81. The summed E-state index contributed by atoms with van der Waals surface area (Å²) < 4.78 is 52.8. The summed E-state index contributed by atoms with van der Waals surface area (Å²) >= 11 is 0. The van der Waals surface area contributed by atoms with E-state index in [1.807, 2.05) is 0 Å². The summed E-state index contributed by atoms with van der Waals surface area (Å²) in [5.41, 5.74) is -0.0618. The van der Waals surface area contributed by atoms with Crippen LogP contribution in [0.4, 0.5) is 0 Å². The van der Waals surface area contributed by atoms with Gasteiger partial charge < -0.3 is 5.32 Å². The van der Waals surface area contributed by atoms with Gasteiger partial charge in [-0.05, 0) is 62.7 Å². The van der Waals surface area contributed by atoms with Crippen LogP contribution in [0.3, 0.4) is 0 Å². The molecule has 9 heteroatoms. The first-order valence-electron chi connectivity index (χ1n) is 7.43. The fraction of sp³-hybridized carbons (Fsp3) is 0.571. The largest absolute Gasteiger partial charge is 0.317 e. The van der Waals surface area contributed by atoms with Crippen LogP contribution < -0.4 is 14.8 Å². The quantitative estimate of drug-likeness (QED) is 0.674. The van der Waals surface area contributed by atoms with Crippen molar-refractivity contribution in [2.24, 2.45) is 5.41 Å². The van der Waals surface area contributed by atoms with Gasteiger partial charge in [-0.15, -0.1) is 0 Å². The fourth-order valence-electron chi connectivity index (χ4n) is 2.48. The molecule has 1 aliphatic heterocycles. The second-order valence-electron chi connectivity index (χ2n) is 6.06. The Kier molecular flexibility index (Phi) is 5.47. The van der Waals surface area contributed by atoms with E-state index in [0.29, 0.717) is 6.54 Å². The summed E-state index contributed by atoms with van der Waals surface area (Å²) in [6, 6.07) is 5.17. The molecular formula is C14H23N3O4S2. The zero-order chi connectivity index (χ0) is 17.1. The molecule has 1 heterocycles. The standard InChI is InChI=1S/C14H23N3O4S2/c1-14(7-9-16-10-8-14)11-17-23(20,21)13-5-3-12(4-6-13)22(18,19)15-2/h3-6,15-17H,7-11H2,1-2H3. The van der Waals surface area contributed by atoms with Crippen LogP contribution in [-0.2, 0) is 20.0 Å². The highest BCUT2D eigenvalue weighted by atomic mass is 32.2. The Balaban J connectivity index is 2.10. The van der Waals surface area contributed by atoms with Crippen molar-refractivity contribution in [1.82, 2.24) is 14.8 Å². The third-order valence-corrected chi connectivity index (χ3v) is 7.06. The van der Waals surface area contributed by atoms with Crippen LogP contribution in [0.25, 0.3) is 0 Å². The molecule has 0 bridgehead atoms. The van der Waals surface area contributed by atoms with Gasteiger partial charge >= 0.3 is 0 Å². The number of piperidine rings is 1. The second-order valence-corrected chi connectivity index (χ2v) is 9.72.